The average molecular weight is 330 g/mol. The molecule has 5 nitrogen and oxygen atoms in total. The Bertz CT molecular complexity index is 818. The van der Waals surface area contributed by atoms with Gasteiger partial charge in [0.05, 0.1) is 11.3 Å². The minimum Gasteiger partial charge on any atom is -0.301 e. The zero-order chi connectivity index (χ0) is 15.5. The van der Waals surface area contributed by atoms with Crippen molar-refractivity contribution in [3.63, 3.8) is 0 Å². The Labute approximate surface area is 136 Å². The summed E-state index contributed by atoms with van der Waals surface area (Å²) in [5.41, 5.74) is 3.01. The zero-order valence-corrected chi connectivity index (χ0v) is 13.8. The molecule has 3 rings (SSSR count). The molecule has 0 radical (unpaired) electrons. The molecule has 1 aromatic carbocycles. The van der Waals surface area contributed by atoms with Crippen LogP contribution in [-0.4, -0.2) is 26.6 Å². The normalized spacial score (nSPS) is 10.8. The summed E-state index contributed by atoms with van der Waals surface area (Å²) in [6, 6.07) is 6.09. The number of amides is 1. The van der Waals surface area contributed by atoms with E-state index in [2.05, 4.69) is 26.3 Å². The van der Waals surface area contributed by atoms with Crippen LogP contribution in [0.25, 0.3) is 10.9 Å². The highest BCUT2D eigenvalue weighted by Crippen LogP contribution is 2.22. The highest BCUT2D eigenvalue weighted by atomic mass is 32.2. The zero-order valence-electron chi connectivity index (χ0n) is 12.2. The van der Waals surface area contributed by atoms with E-state index in [1.807, 2.05) is 31.4 Å². The Morgan fingerprint density at radius 2 is 2.18 bits per heavy atom. The first kappa shape index (κ1) is 14.9. The number of thioether (sulfide) groups is 1. The van der Waals surface area contributed by atoms with Gasteiger partial charge in [0.15, 0.2) is 10.3 Å². The number of aryl methyl sites for hydroxylation is 2. The molecule has 7 heteroatoms. The van der Waals surface area contributed by atoms with E-state index in [1.54, 1.807) is 6.20 Å². The maximum Gasteiger partial charge on any atom is 0.236 e. The molecule has 2 aromatic heterocycles. The lowest BCUT2D eigenvalue weighted by Crippen LogP contribution is -2.14. The fourth-order valence-electron chi connectivity index (χ4n) is 2.00. The van der Waals surface area contributed by atoms with Crippen molar-refractivity contribution >= 4 is 45.0 Å². The van der Waals surface area contributed by atoms with Crippen LogP contribution < -0.4 is 5.32 Å². The number of nitrogens with zero attached hydrogens (tertiary/aromatic N) is 3. The van der Waals surface area contributed by atoms with Crippen molar-refractivity contribution in [3.05, 3.63) is 41.0 Å². The number of benzene rings is 1. The van der Waals surface area contributed by atoms with E-state index in [0.717, 1.165) is 16.6 Å². The van der Waals surface area contributed by atoms with E-state index in [9.17, 15) is 4.79 Å². The minimum absolute atomic E-state index is 0.106. The molecule has 3 aromatic rings. The van der Waals surface area contributed by atoms with Gasteiger partial charge in [0, 0.05) is 22.7 Å². The van der Waals surface area contributed by atoms with E-state index in [4.69, 9.17) is 0 Å². The van der Waals surface area contributed by atoms with Gasteiger partial charge in [0.25, 0.3) is 0 Å². The minimum atomic E-state index is -0.106. The standard InChI is InChI=1S/C15H14N4OS2/c1-9-3-4-12-11(7-9)10(2)17-15(18-12)22-8-13(20)19-14-16-5-6-21-14/h3-7H,8H2,1-2H3,(H,16,19,20). The first-order valence-electron chi connectivity index (χ1n) is 6.69. The Hall–Kier alpha value is -1.99. The summed E-state index contributed by atoms with van der Waals surface area (Å²) in [5, 5.41) is 6.84. The Morgan fingerprint density at radius 3 is 2.95 bits per heavy atom. The molecule has 0 bridgehead atoms. The predicted molar refractivity (Wildman–Crippen MR) is 90.5 cm³/mol. The topological polar surface area (TPSA) is 67.8 Å². The van der Waals surface area contributed by atoms with Crippen molar-refractivity contribution < 1.29 is 4.79 Å². The van der Waals surface area contributed by atoms with E-state index in [1.165, 1.54) is 28.7 Å². The van der Waals surface area contributed by atoms with Gasteiger partial charge in [-0.05, 0) is 26.0 Å². The summed E-state index contributed by atoms with van der Waals surface area (Å²) in [7, 11) is 0. The lowest BCUT2D eigenvalue weighted by Gasteiger charge is -2.06. The molecule has 0 saturated heterocycles. The predicted octanol–water partition coefficient (Wildman–Crippen LogP) is 3.43. The van der Waals surface area contributed by atoms with E-state index in [-0.39, 0.29) is 11.7 Å². The highest BCUT2D eigenvalue weighted by Gasteiger charge is 2.09. The van der Waals surface area contributed by atoms with Gasteiger partial charge >= 0.3 is 0 Å². The van der Waals surface area contributed by atoms with Crippen LogP contribution in [0.3, 0.4) is 0 Å². The number of fused-ring (bicyclic) bond motifs is 1. The van der Waals surface area contributed by atoms with E-state index < -0.39 is 0 Å². The van der Waals surface area contributed by atoms with Crippen molar-refractivity contribution in [2.24, 2.45) is 0 Å². The molecular formula is C15H14N4OS2. The third-order valence-electron chi connectivity index (χ3n) is 3.03. The van der Waals surface area contributed by atoms with Crippen molar-refractivity contribution in [2.45, 2.75) is 19.0 Å². The molecule has 2 heterocycles. The molecule has 0 aliphatic heterocycles. The van der Waals surface area contributed by atoms with Crippen LogP contribution in [0, 0.1) is 13.8 Å². The molecule has 0 unspecified atom stereocenters. The third-order valence-corrected chi connectivity index (χ3v) is 4.57. The van der Waals surface area contributed by atoms with Gasteiger partial charge in [0.2, 0.25) is 5.91 Å². The first-order valence-corrected chi connectivity index (χ1v) is 8.55. The number of hydrogen-bond donors (Lipinski definition) is 1. The molecule has 22 heavy (non-hydrogen) atoms. The summed E-state index contributed by atoms with van der Waals surface area (Å²) in [6.07, 6.45) is 1.66. The Morgan fingerprint density at radius 1 is 1.32 bits per heavy atom. The SMILES string of the molecule is Cc1ccc2nc(SCC(=O)Nc3nccs3)nc(C)c2c1. The van der Waals surface area contributed by atoms with Gasteiger partial charge in [-0.3, -0.25) is 4.79 Å². The third kappa shape index (κ3) is 3.42. The fraction of sp³-hybridized carbons (Fsp3) is 0.200. The van der Waals surface area contributed by atoms with Gasteiger partial charge in [-0.15, -0.1) is 11.3 Å². The smallest absolute Gasteiger partial charge is 0.236 e. The summed E-state index contributed by atoms with van der Waals surface area (Å²) < 4.78 is 0. The maximum absolute atomic E-state index is 11.9. The second-order valence-corrected chi connectivity index (χ2v) is 6.62. The van der Waals surface area contributed by atoms with Crippen LogP contribution in [0.4, 0.5) is 5.13 Å². The van der Waals surface area contributed by atoms with Crippen LogP contribution in [-0.2, 0) is 4.79 Å². The van der Waals surface area contributed by atoms with Crippen LogP contribution in [0.5, 0.6) is 0 Å². The van der Waals surface area contributed by atoms with Crippen LogP contribution in [0.1, 0.15) is 11.3 Å². The molecule has 0 spiro atoms. The van der Waals surface area contributed by atoms with Crippen molar-refractivity contribution in [3.8, 4) is 0 Å². The summed E-state index contributed by atoms with van der Waals surface area (Å²) >= 11 is 2.72. The fourth-order valence-corrected chi connectivity index (χ4v) is 3.25. The number of thiazole rings is 1. The van der Waals surface area contributed by atoms with Gasteiger partial charge in [-0.1, -0.05) is 23.4 Å². The van der Waals surface area contributed by atoms with Crippen molar-refractivity contribution in [2.75, 3.05) is 11.1 Å². The molecule has 0 fully saturated rings. The number of nitrogens with one attached hydrogen (secondary N) is 1. The molecular weight excluding hydrogens is 316 g/mol. The number of anilines is 1. The summed E-state index contributed by atoms with van der Waals surface area (Å²) in [5.74, 6) is 0.154. The van der Waals surface area contributed by atoms with Crippen LogP contribution in [0.15, 0.2) is 34.9 Å². The molecule has 112 valence electrons. The summed E-state index contributed by atoms with van der Waals surface area (Å²) in [6.45, 7) is 4.01. The van der Waals surface area contributed by atoms with Gasteiger partial charge in [-0.25, -0.2) is 15.0 Å². The lowest BCUT2D eigenvalue weighted by molar-refractivity contribution is -0.113. The van der Waals surface area contributed by atoms with Gasteiger partial charge in [0.1, 0.15) is 0 Å². The van der Waals surface area contributed by atoms with E-state index in [0.29, 0.717) is 10.3 Å². The molecule has 0 atom stereocenters. The molecule has 0 saturated carbocycles. The largest absolute Gasteiger partial charge is 0.301 e. The first-order chi connectivity index (χ1) is 10.6. The quantitative estimate of drug-likeness (QED) is 0.586. The number of rotatable bonds is 4. The lowest BCUT2D eigenvalue weighted by atomic mass is 10.1. The summed E-state index contributed by atoms with van der Waals surface area (Å²) in [4.78, 5) is 24.9. The van der Waals surface area contributed by atoms with Gasteiger partial charge in [-0.2, -0.15) is 0 Å². The van der Waals surface area contributed by atoms with E-state index >= 15 is 0 Å². The van der Waals surface area contributed by atoms with Gasteiger partial charge < -0.3 is 5.32 Å². The molecule has 0 aliphatic rings. The second-order valence-electron chi connectivity index (χ2n) is 4.79. The second kappa shape index (κ2) is 6.41. The number of hydrogen-bond acceptors (Lipinski definition) is 6. The molecule has 0 aliphatic carbocycles. The maximum atomic E-state index is 11.9. The number of carbonyl (C=O) groups excluding carboxylic acids is 1. The number of aromatic nitrogens is 3. The van der Waals surface area contributed by atoms with Crippen molar-refractivity contribution in [1.29, 1.82) is 0 Å². The molecule has 1 amide bonds. The Kier molecular flexibility index (Phi) is 4.35. The monoisotopic (exact) mass is 330 g/mol. The van der Waals surface area contributed by atoms with Crippen LogP contribution >= 0.6 is 23.1 Å². The highest BCUT2D eigenvalue weighted by molar-refractivity contribution is 7.99. The number of carbonyl (C=O) groups is 1. The van der Waals surface area contributed by atoms with Crippen LogP contribution in [0.2, 0.25) is 0 Å². The average Bonchev–Trinajstić information content (AvgIpc) is 2.99. The molecule has 1 N–H and O–H groups in total. The Balaban J connectivity index is 1.71. The van der Waals surface area contributed by atoms with Crippen molar-refractivity contribution in [1.82, 2.24) is 15.0 Å².